The summed E-state index contributed by atoms with van der Waals surface area (Å²) in [4.78, 5) is 14.2. The molecule has 0 aliphatic rings. The first kappa shape index (κ1) is 13.8. The Kier molecular flexibility index (Phi) is 4.42. The third-order valence-corrected chi connectivity index (χ3v) is 3.13. The minimum absolute atomic E-state index is 0.922. The van der Waals surface area contributed by atoms with Gasteiger partial charge in [-0.1, -0.05) is 60.7 Å². The first-order valence-corrected chi connectivity index (χ1v) is 7.02. The number of imidazole rings is 2. The summed E-state index contributed by atoms with van der Waals surface area (Å²) in [7, 11) is 0. The van der Waals surface area contributed by atoms with Gasteiger partial charge in [-0.2, -0.15) is 0 Å². The molecule has 0 aliphatic heterocycles. The molecule has 2 heterocycles. The van der Waals surface area contributed by atoms with Gasteiger partial charge in [0.25, 0.3) is 0 Å². The van der Waals surface area contributed by atoms with Crippen molar-refractivity contribution in [2.24, 2.45) is 0 Å². The molecule has 0 spiro atoms. The Morgan fingerprint density at radius 3 is 1.95 bits per heavy atom. The number of hydrogen-bond acceptors (Lipinski definition) is 2. The number of nitrogens with one attached hydrogen (secondary N) is 2. The van der Waals surface area contributed by atoms with E-state index in [0.717, 1.165) is 17.1 Å². The zero-order chi connectivity index (χ0) is 15.0. The molecule has 0 bridgehead atoms. The van der Waals surface area contributed by atoms with Crippen molar-refractivity contribution in [2.75, 3.05) is 0 Å². The predicted molar refractivity (Wildman–Crippen MR) is 88.0 cm³/mol. The Bertz CT molecular complexity index is 691. The highest BCUT2D eigenvalue weighted by atomic mass is 14.9. The van der Waals surface area contributed by atoms with Gasteiger partial charge in [0.15, 0.2) is 0 Å². The van der Waals surface area contributed by atoms with Gasteiger partial charge in [0, 0.05) is 18.0 Å². The summed E-state index contributed by atoms with van der Waals surface area (Å²) in [6.07, 6.45) is 7.07. The van der Waals surface area contributed by atoms with Gasteiger partial charge in [-0.15, -0.1) is 0 Å². The molecule has 0 atom stereocenters. The number of benzene rings is 2. The van der Waals surface area contributed by atoms with E-state index in [1.165, 1.54) is 5.56 Å². The second kappa shape index (κ2) is 7.04. The molecule has 22 heavy (non-hydrogen) atoms. The van der Waals surface area contributed by atoms with Crippen LogP contribution in [0.15, 0.2) is 85.6 Å². The fraction of sp³-hybridized carbons (Fsp3) is 0. The zero-order valence-corrected chi connectivity index (χ0v) is 12.0. The molecule has 108 valence electrons. The lowest BCUT2D eigenvalue weighted by molar-refractivity contribution is 1.31. The van der Waals surface area contributed by atoms with Gasteiger partial charge < -0.3 is 9.97 Å². The monoisotopic (exact) mass is 288 g/mol. The van der Waals surface area contributed by atoms with Crippen LogP contribution in [0.2, 0.25) is 0 Å². The summed E-state index contributed by atoms with van der Waals surface area (Å²) < 4.78 is 0. The van der Waals surface area contributed by atoms with Gasteiger partial charge in [-0.05, 0) is 5.56 Å². The van der Waals surface area contributed by atoms with Crippen molar-refractivity contribution >= 4 is 0 Å². The molecule has 4 heteroatoms. The van der Waals surface area contributed by atoms with E-state index < -0.39 is 0 Å². The molecule has 0 unspecified atom stereocenters. The first-order valence-electron chi connectivity index (χ1n) is 7.02. The lowest BCUT2D eigenvalue weighted by atomic mass is 10.2. The van der Waals surface area contributed by atoms with Gasteiger partial charge in [0.1, 0.15) is 5.82 Å². The van der Waals surface area contributed by atoms with Crippen LogP contribution in [0.4, 0.5) is 0 Å². The quantitative estimate of drug-likeness (QED) is 0.582. The highest BCUT2D eigenvalue weighted by Crippen LogP contribution is 2.13. The molecule has 0 amide bonds. The molecule has 4 nitrogen and oxygen atoms in total. The second-order valence-electron chi connectivity index (χ2n) is 4.64. The third-order valence-electron chi connectivity index (χ3n) is 3.13. The second-order valence-corrected chi connectivity index (χ2v) is 4.64. The average molecular weight is 288 g/mol. The molecule has 0 radical (unpaired) electrons. The van der Waals surface area contributed by atoms with Gasteiger partial charge in [0.05, 0.1) is 18.2 Å². The smallest absolute Gasteiger partial charge is 0.137 e. The SMILES string of the molecule is c1ccc(-c2cnc[nH]2)cc1.c1ccc(-c2ncc[nH]2)cc1. The van der Waals surface area contributed by atoms with E-state index in [4.69, 9.17) is 0 Å². The predicted octanol–water partition coefficient (Wildman–Crippen LogP) is 4.15. The van der Waals surface area contributed by atoms with E-state index in [9.17, 15) is 0 Å². The fourth-order valence-corrected chi connectivity index (χ4v) is 2.05. The summed E-state index contributed by atoms with van der Waals surface area (Å²) in [5.41, 5.74) is 3.35. The summed E-state index contributed by atoms with van der Waals surface area (Å²) in [5, 5.41) is 0. The van der Waals surface area contributed by atoms with Crippen LogP contribution in [0.5, 0.6) is 0 Å². The van der Waals surface area contributed by atoms with Gasteiger partial charge in [-0.3, -0.25) is 0 Å². The highest BCUT2D eigenvalue weighted by molar-refractivity contribution is 5.57. The Morgan fingerprint density at radius 2 is 1.41 bits per heavy atom. The number of aromatic nitrogens is 4. The maximum atomic E-state index is 4.13. The minimum Gasteiger partial charge on any atom is -0.345 e. The largest absolute Gasteiger partial charge is 0.345 e. The third kappa shape index (κ3) is 3.49. The number of aromatic amines is 2. The van der Waals surface area contributed by atoms with Crippen molar-refractivity contribution in [3.63, 3.8) is 0 Å². The van der Waals surface area contributed by atoms with Crippen molar-refractivity contribution in [1.29, 1.82) is 0 Å². The topological polar surface area (TPSA) is 57.4 Å². The van der Waals surface area contributed by atoms with E-state index in [2.05, 4.69) is 19.9 Å². The number of H-pyrrole nitrogens is 2. The molecular formula is C18H16N4. The molecule has 2 aromatic heterocycles. The molecule has 4 aromatic rings. The van der Waals surface area contributed by atoms with Crippen LogP contribution in [0.1, 0.15) is 0 Å². The first-order chi connectivity index (χ1) is 10.9. The Labute approximate surface area is 128 Å². The molecule has 2 aromatic carbocycles. The standard InChI is InChI=1S/2C9H8N2/c1-2-4-8(5-3-1)9-6-10-7-11-9;1-2-4-8(5-3-1)9-10-6-7-11-9/h2*1-7H,(H,10,11). The van der Waals surface area contributed by atoms with Crippen LogP contribution in [0, 0.1) is 0 Å². The Balaban J connectivity index is 0.000000131. The van der Waals surface area contributed by atoms with Crippen molar-refractivity contribution in [1.82, 2.24) is 19.9 Å². The average Bonchev–Trinajstić information content (AvgIpc) is 3.31. The van der Waals surface area contributed by atoms with Crippen LogP contribution >= 0.6 is 0 Å². The molecule has 0 aliphatic carbocycles. The summed E-state index contributed by atoms with van der Waals surface area (Å²) in [6.45, 7) is 0. The van der Waals surface area contributed by atoms with Gasteiger partial charge in [-0.25, -0.2) is 9.97 Å². The Morgan fingerprint density at radius 1 is 0.727 bits per heavy atom. The van der Waals surface area contributed by atoms with E-state index >= 15 is 0 Å². The van der Waals surface area contributed by atoms with Crippen LogP contribution in [-0.2, 0) is 0 Å². The lowest BCUT2D eigenvalue weighted by Crippen LogP contribution is -1.77. The number of hydrogen-bond donors (Lipinski definition) is 2. The lowest BCUT2D eigenvalue weighted by Gasteiger charge is -1.93. The zero-order valence-electron chi connectivity index (χ0n) is 12.0. The van der Waals surface area contributed by atoms with Crippen LogP contribution in [0.3, 0.4) is 0 Å². The molecule has 0 fully saturated rings. The molecule has 0 saturated heterocycles. The summed E-state index contributed by atoms with van der Waals surface area (Å²) >= 11 is 0. The summed E-state index contributed by atoms with van der Waals surface area (Å²) in [6, 6.07) is 20.2. The van der Waals surface area contributed by atoms with Crippen LogP contribution in [0.25, 0.3) is 22.6 Å². The highest BCUT2D eigenvalue weighted by Gasteiger charge is 1.95. The normalized spacial score (nSPS) is 9.82. The van der Waals surface area contributed by atoms with Gasteiger partial charge in [0.2, 0.25) is 0 Å². The fourth-order valence-electron chi connectivity index (χ4n) is 2.05. The minimum atomic E-state index is 0.922. The number of rotatable bonds is 2. The van der Waals surface area contributed by atoms with Crippen LogP contribution in [-0.4, -0.2) is 19.9 Å². The van der Waals surface area contributed by atoms with Crippen molar-refractivity contribution in [3.05, 3.63) is 85.6 Å². The van der Waals surface area contributed by atoms with E-state index in [1.807, 2.05) is 73.1 Å². The van der Waals surface area contributed by atoms with Crippen molar-refractivity contribution < 1.29 is 0 Å². The van der Waals surface area contributed by atoms with Crippen LogP contribution < -0.4 is 0 Å². The maximum absolute atomic E-state index is 4.13. The molecule has 2 N–H and O–H groups in total. The number of nitrogens with zero attached hydrogens (tertiary/aromatic N) is 2. The maximum Gasteiger partial charge on any atom is 0.137 e. The molecular weight excluding hydrogens is 272 g/mol. The van der Waals surface area contributed by atoms with Crippen molar-refractivity contribution in [3.8, 4) is 22.6 Å². The van der Waals surface area contributed by atoms with E-state index in [-0.39, 0.29) is 0 Å². The van der Waals surface area contributed by atoms with Gasteiger partial charge >= 0.3 is 0 Å². The molecule has 4 rings (SSSR count). The van der Waals surface area contributed by atoms with Crippen molar-refractivity contribution in [2.45, 2.75) is 0 Å². The Hall–Kier alpha value is -3.14. The molecule has 0 saturated carbocycles. The van der Waals surface area contributed by atoms with E-state index in [0.29, 0.717) is 0 Å². The van der Waals surface area contributed by atoms with E-state index in [1.54, 1.807) is 12.5 Å². The summed E-state index contributed by atoms with van der Waals surface area (Å²) in [5.74, 6) is 0.922.